The van der Waals surface area contributed by atoms with E-state index in [4.69, 9.17) is 9.47 Å². The quantitative estimate of drug-likeness (QED) is 0.529. The lowest BCUT2D eigenvalue weighted by atomic mass is 10.2. The molecule has 0 unspecified atom stereocenters. The van der Waals surface area contributed by atoms with Crippen LogP contribution in [0.2, 0.25) is 0 Å². The highest BCUT2D eigenvalue weighted by Gasteiger charge is 2.46. The maximum atomic E-state index is 12.7. The van der Waals surface area contributed by atoms with Crippen molar-refractivity contribution in [3.8, 4) is 11.5 Å². The summed E-state index contributed by atoms with van der Waals surface area (Å²) in [7, 11) is 0. The van der Waals surface area contributed by atoms with E-state index in [0.29, 0.717) is 22.9 Å². The Morgan fingerprint density at radius 1 is 1.18 bits per heavy atom. The summed E-state index contributed by atoms with van der Waals surface area (Å²) < 4.78 is 11.5. The normalized spacial score (nSPS) is 18.9. The summed E-state index contributed by atoms with van der Waals surface area (Å²) in [6.07, 6.45) is -0.377. The molecule has 9 nitrogen and oxygen atoms in total. The minimum atomic E-state index is -0.978. The molecule has 0 saturated carbocycles. The topological polar surface area (TPSA) is 96.5 Å². The molecule has 3 rings (SSSR count). The number of amides is 5. The van der Waals surface area contributed by atoms with E-state index < -0.39 is 36.3 Å². The molecule has 5 amide bonds. The number of nitrogens with zero attached hydrogens (tertiary/aromatic N) is 3. The smallest absolute Gasteiger partial charge is 0.334 e. The molecule has 2 aliphatic heterocycles. The number of para-hydroxylation sites is 2. The number of urea groups is 1. The molecule has 0 aliphatic carbocycles. The highest BCUT2D eigenvalue weighted by molar-refractivity contribution is 6.45. The lowest BCUT2D eigenvalue weighted by molar-refractivity contribution is -0.145. The standard InChI is InChI=1S/C19H23N3O6/c1-4-20(9-13-11-27-14-7-5-6-8-15(14)28-13)16(23)10-21-17(24)18(25)22(12(2)3)19(21)26/h5-8,12-13H,4,9-11H2,1-3H3/t13-/m1/s1. The van der Waals surface area contributed by atoms with Crippen molar-refractivity contribution < 1.29 is 28.7 Å². The lowest BCUT2D eigenvalue weighted by Crippen LogP contribution is -2.48. The second-order valence-electron chi connectivity index (χ2n) is 6.87. The number of hydrogen-bond donors (Lipinski definition) is 0. The van der Waals surface area contributed by atoms with E-state index in [2.05, 4.69) is 0 Å². The first-order valence-electron chi connectivity index (χ1n) is 9.18. The van der Waals surface area contributed by atoms with Gasteiger partial charge in [-0.1, -0.05) is 12.1 Å². The van der Waals surface area contributed by atoms with Crippen LogP contribution in [-0.4, -0.2) is 76.8 Å². The highest BCUT2D eigenvalue weighted by Crippen LogP contribution is 2.31. The third-order valence-corrected chi connectivity index (χ3v) is 4.62. The largest absolute Gasteiger partial charge is 0.486 e. The SMILES string of the molecule is CCN(C[C@@H]1COc2ccccc2O1)C(=O)CN1C(=O)C(=O)N(C(C)C)C1=O. The van der Waals surface area contributed by atoms with Gasteiger partial charge in [0.1, 0.15) is 13.2 Å². The van der Waals surface area contributed by atoms with E-state index in [1.807, 2.05) is 12.1 Å². The van der Waals surface area contributed by atoms with Crippen LogP contribution < -0.4 is 9.47 Å². The van der Waals surface area contributed by atoms with Gasteiger partial charge in [-0.15, -0.1) is 0 Å². The van der Waals surface area contributed by atoms with E-state index in [0.717, 1.165) is 4.90 Å². The lowest BCUT2D eigenvalue weighted by Gasteiger charge is -2.31. The molecule has 28 heavy (non-hydrogen) atoms. The van der Waals surface area contributed by atoms with Gasteiger partial charge < -0.3 is 14.4 Å². The fourth-order valence-corrected chi connectivity index (χ4v) is 3.16. The Hall–Kier alpha value is -3.10. The van der Waals surface area contributed by atoms with Gasteiger partial charge in [0.2, 0.25) is 5.91 Å². The predicted octanol–water partition coefficient (Wildman–Crippen LogP) is 0.874. The van der Waals surface area contributed by atoms with Crippen LogP contribution >= 0.6 is 0 Å². The van der Waals surface area contributed by atoms with Gasteiger partial charge in [0.15, 0.2) is 17.6 Å². The minimum Gasteiger partial charge on any atom is -0.486 e. The molecular weight excluding hydrogens is 366 g/mol. The van der Waals surface area contributed by atoms with Gasteiger partial charge in [-0.2, -0.15) is 0 Å². The molecule has 0 aromatic heterocycles. The van der Waals surface area contributed by atoms with Crippen LogP contribution in [-0.2, 0) is 14.4 Å². The van der Waals surface area contributed by atoms with Crippen LogP contribution in [0.15, 0.2) is 24.3 Å². The molecule has 1 fully saturated rings. The van der Waals surface area contributed by atoms with Crippen LogP contribution in [0.5, 0.6) is 11.5 Å². The van der Waals surface area contributed by atoms with Crippen molar-refractivity contribution in [2.24, 2.45) is 0 Å². The fraction of sp³-hybridized carbons (Fsp3) is 0.474. The third-order valence-electron chi connectivity index (χ3n) is 4.62. The number of likely N-dealkylation sites (N-methyl/N-ethyl adjacent to an activating group) is 1. The van der Waals surface area contributed by atoms with Gasteiger partial charge >= 0.3 is 17.8 Å². The summed E-state index contributed by atoms with van der Waals surface area (Å²) >= 11 is 0. The fourth-order valence-electron chi connectivity index (χ4n) is 3.16. The van der Waals surface area contributed by atoms with Gasteiger partial charge in [-0.3, -0.25) is 19.3 Å². The molecule has 1 aromatic rings. The van der Waals surface area contributed by atoms with Crippen molar-refractivity contribution in [2.45, 2.75) is 32.9 Å². The van der Waals surface area contributed by atoms with Crippen molar-refractivity contribution in [3.63, 3.8) is 0 Å². The Morgan fingerprint density at radius 2 is 1.86 bits per heavy atom. The Balaban J connectivity index is 1.64. The number of carbonyl (C=O) groups excluding carboxylic acids is 4. The number of carbonyl (C=O) groups is 4. The van der Waals surface area contributed by atoms with Crippen LogP contribution in [0, 0.1) is 0 Å². The van der Waals surface area contributed by atoms with E-state index >= 15 is 0 Å². The number of hydrogen-bond acceptors (Lipinski definition) is 6. The van der Waals surface area contributed by atoms with Crippen LogP contribution in [0.25, 0.3) is 0 Å². The molecule has 9 heteroatoms. The first-order valence-corrected chi connectivity index (χ1v) is 9.18. The molecule has 2 heterocycles. The van der Waals surface area contributed by atoms with Gasteiger partial charge in [0.05, 0.1) is 6.54 Å². The van der Waals surface area contributed by atoms with Crippen LogP contribution in [0.4, 0.5) is 4.79 Å². The predicted molar refractivity (Wildman–Crippen MR) is 97.7 cm³/mol. The molecule has 0 spiro atoms. The van der Waals surface area contributed by atoms with Crippen molar-refractivity contribution in [2.75, 3.05) is 26.2 Å². The van der Waals surface area contributed by atoms with Crippen LogP contribution in [0.3, 0.4) is 0 Å². The van der Waals surface area contributed by atoms with Gasteiger partial charge in [-0.25, -0.2) is 9.69 Å². The van der Waals surface area contributed by atoms with E-state index in [1.165, 1.54) is 4.90 Å². The van der Waals surface area contributed by atoms with E-state index in [9.17, 15) is 19.2 Å². The maximum Gasteiger partial charge on any atom is 0.334 e. The molecule has 2 aliphatic rings. The first kappa shape index (κ1) is 19.7. The Kier molecular flexibility index (Phi) is 5.53. The summed E-state index contributed by atoms with van der Waals surface area (Å²) in [5, 5.41) is 0. The van der Waals surface area contributed by atoms with Crippen molar-refractivity contribution in [3.05, 3.63) is 24.3 Å². The molecule has 0 bridgehead atoms. The summed E-state index contributed by atoms with van der Waals surface area (Å²) in [5.41, 5.74) is 0. The average Bonchev–Trinajstić information content (AvgIpc) is 2.89. The molecule has 1 saturated heterocycles. The number of fused-ring (bicyclic) bond motifs is 1. The van der Waals surface area contributed by atoms with Crippen molar-refractivity contribution in [1.29, 1.82) is 0 Å². The van der Waals surface area contributed by atoms with E-state index in [1.54, 1.807) is 32.9 Å². The summed E-state index contributed by atoms with van der Waals surface area (Å²) in [5.74, 6) is -1.07. The Labute approximate surface area is 162 Å². The number of ether oxygens (including phenoxy) is 2. The molecule has 1 atom stereocenters. The van der Waals surface area contributed by atoms with Crippen LogP contribution in [0.1, 0.15) is 20.8 Å². The summed E-state index contributed by atoms with van der Waals surface area (Å²) in [4.78, 5) is 52.1. The summed E-state index contributed by atoms with van der Waals surface area (Å²) in [6, 6.07) is 6.04. The highest BCUT2D eigenvalue weighted by atomic mass is 16.6. The van der Waals surface area contributed by atoms with Crippen molar-refractivity contribution in [1.82, 2.24) is 14.7 Å². The maximum absolute atomic E-state index is 12.7. The molecular formula is C19H23N3O6. The molecule has 150 valence electrons. The number of rotatable bonds is 6. The molecule has 0 radical (unpaired) electrons. The first-order chi connectivity index (χ1) is 13.3. The minimum absolute atomic E-state index is 0.238. The van der Waals surface area contributed by atoms with E-state index in [-0.39, 0.29) is 19.3 Å². The van der Waals surface area contributed by atoms with Gasteiger partial charge in [0.25, 0.3) is 0 Å². The van der Waals surface area contributed by atoms with Gasteiger partial charge in [-0.05, 0) is 32.9 Å². The molecule has 1 aromatic carbocycles. The summed E-state index contributed by atoms with van der Waals surface area (Å²) in [6.45, 7) is 5.44. The molecule has 0 N–H and O–H groups in total. The Bertz CT molecular complexity index is 809. The second kappa shape index (κ2) is 7.87. The van der Waals surface area contributed by atoms with Crippen molar-refractivity contribution >= 4 is 23.8 Å². The third kappa shape index (κ3) is 3.64. The number of benzene rings is 1. The number of imide groups is 2. The zero-order valence-electron chi connectivity index (χ0n) is 16.1. The Morgan fingerprint density at radius 3 is 2.46 bits per heavy atom. The zero-order valence-corrected chi connectivity index (χ0v) is 16.1. The monoisotopic (exact) mass is 389 g/mol. The zero-order chi connectivity index (χ0) is 20.4. The van der Waals surface area contributed by atoms with Gasteiger partial charge in [0, 0.05) is 12.6 Å². The average molecular weight is 389 g/mol. The second-order valence-corrected chi connectivity index (χ2v) is 6.87.